The highest BCUT2D eigenvalue weighted by Crippen LogP contribution is 2.43. The molecule has 0 aromatic heterocycles. The summed E-state index contributed by atoms with van der Waals surface area (Å²) in [7, 11) is 0. The molecule has 0 radical (unpaired) electrons. The Morgan fingerprint density at radius 3 is 2.75 bits per heavy atom. The lowest BCUT2D eigenvalue weighted by Gasteiger charge is -2.35. The molecule has 3 aliphatic rings. The molecule has 2 fully saturated rings. The normalized spacial score (nSPS) is 29.1. The van der Waals surface area contributed by atoms with Crippen LogP contribution in [-0.2, 0) is 4.79 Å². The van der Waals surface area contributed by atoms with Crippen LogP contribution in [0.1, 0.15) is 31.2 Å². The fraction of sp³-hybridized carbons (Fsp3) is 0.588. The minimum atomic E-state index is 0.177. The standard InChI is InChI=1S/C17H22N2O/c1-12(20)19-10-14-9-18(8-13-6-7-13)11-16(14)15-4-2-3-5-17(15)19/h2-5,13-14,16H,6-11H2,1H3/t14-,16+/m1/s1. The molecule has 2 heterocycles. The number of rotatable bonds is 2. The van der Waals surface area contributed by atoms with Crippen LogP contribution in [0.3, 0.4) is 0 Å². The molecular weight excluding hydrogens is 248 g/mol. The minimum Gasteiger partial charge on any atom is -0.312 e. The third kappa shape index (κ3) is 2.05. The Labute approximate surface area is 120 Å². The summed E-state index contributed by atoms with van der Waals surface area (Å²) >= 11 is 0. The van der Waals surface area contributed by atoms with Crippen LogP contribution in [-0.4, -0.2) is 37.0 Å². The first-order valence-electron chi connectivity index (χ1n) is 7.82. The van der Waals surface area contributed by atoms with Gasteiger partial charge in [-0.1, -0.05) is 18.2 Å². The van der Waals surface area contributed by atoms with Crippen molar-refractivity contribution >= 4 is 11.6 Å². The van der Waals surface area contributed by atoms with E-state index in [1.165, 1.54) is 38.0 Å². The topological polar surface area (TPSA) is 23.6 Å². The molecule has 2 atom stereocenters. The highest BCUT2D eigenvalue weighted by atomic mass is 16.2. The monoisotopic (exact) mass is 270 g/mol. The van der Waals surface area contributed by atoms with Gasteiger partial charge in [0.05, 0.1) is 0 Å². The first-order chi connectivity index (χ1) is 9.72. The van der Waals surface area contributed by atoms with Gasteiger partial charge in [-0.3, -0.25) is 4.79 Å². The molecule has 1 aliphatic carbocycles. The summed E-state index contributed by atoms with van der Waals surface area (Å²) in [6.07, 6.45) is 2.84. The molecule has 2 aliphatic heterocycles. The van der Waals surface area contributed by atoms with E-state index in [2.05, 4.69) is 23.1 Å². The van der Waals surface area contributed by atoms with Crippen molar-refractivity contribution in [1.29, 1.82) is 0 Å². The number of carbonyl (C=O) groups is 1. The van der Waals surface area contributed by atoms with Crippen molar-refractivity contribution in [3.05, 3.63) is 29.8 Å². The van der Waals surface area contributed by atoms with Crippen molar-refractivity contribution in [3.63, 3.8) is 0 Å². The quantitative estimate of drug-likeness (QED) is 0.824. The number of para-hydroxylation sites is 1. The van der Waals surface area contributed by atoms with Crippen LogP contribution in [0, 0.1) is 11.8 Å². The predicted octanol–water partition coefficient (Wildman–Crippen LogP) is 2.48. The van der Waals surface area contributed by atoms with Crippen LogP contribution in [0.2, 0.25) is 0 Å². The number of amides is 1. The Morgan fingerprint density at radius 2 is 2.00 bits per heavy atom. The molecule has 4 rings (SSSR count). The Kier molecular flexibility index (Phi) is 2.84. The lowest BCUT2D eigenvalue weighted by molar-refractivity contribution is -0.116. The third-order valence-electron chi connectivity index (χ3n) is 5.15. The summed E-state index contributed by atoms with van der Waals surface area (Å²) in [4.78, 5) is 16.5. The largest absolute Gasteiger partial charge is 0.312 e. The SMILES string of the molecule is CC(=O)N1C[C@H]2CN(CC3CC3)C[C@@H]2c2ccccc21. The molecule has 106 valence electrons. The molecular formula is C17H22N2O. The molecule has 20 heavy (non-hydrogen) atoms. The average Bonchev–Trinajstić information content (AvgIpc) is 3.15. The molecule has 0 bridgehead atoms. The second-order valence-electron chi connectivity index (χ2n) is 6.72. The fourth-order valence-corrected chi connectivity index (χ4v) is 3.99. The van der Waals surface area contributed by atoms with E-state index in [4.69, 9.17) is 0 Å². The first kappa shape index (κ1) is 12.4. The number of anilines is 1. The van der Waals surface area contributed by atoms with Gasteiger partial charge < -0.3 is 9.80 Å². The molecule has 3 nitrogen and oxygen atoms in total. The van der Waals surface area contributed by atoms with Gasteiger partial charge in [0.15, 0.2) is 0 Å². The molecule has 0 unspecified atom stereocenters. The highest BCUT2D eigenvalue weighted by Gasteiger charge is 2.41. The zero-order valence-electron chi connectivity index (χ0n) is 12.1. The lowest BCUT2D eigenvalue weighted by atomic mass is 9.84. The van der Waals surface area contributed by atoms with Crippen LogP contribution in [0.5, 0.6) is 0 Å². The number of likely N-dealkylation sites (tertiary alicyclic amines) is 1. The summed E-state index contributed by atoms with van der Waals surface area (Å²) in [5.74, 6) is 2.37. The van der Waals surface area contributed by atoms with E-state index >= 15 is 0 Å². The van der Waals surface area contributed by atoms with Gasteiger partial charge in [0, 0.05) is 44.7 Å². The van der Waals surface area contributed by atoms with Crippen molar-refractivity contribution in [2.75, 3.05) is 31.1 Å². The van der Waals surface area contributed by atoms with Crippen molar-refractivity contribution in [3.8, 4) is 0 Å². The molecule has 1 aromatic carbocycles. The maximum atomic E-state index is 11.9. The number of carbonyl (C=O) groups excluding carboxylic acids is 1. The molecule has 1 amide bonds. The van der Waals surface area contributed by atoms with Gasteiger partial charge in [0.2, 0.25) is 5.91 Å². The Bertz CT molecular complexity index is 538. The van der Waals surface area contributed by atoms with E-state index in [9.17, 15) is 4.79 Å². The van der Waals surface area contributed by atoms with Crippen LogP contribution < -0.4 is 4.90 Å². The zero-order valence-corrected chi connectivity index (χ0v) is 12.1. The van der Waals surface area contributed by atoms with Crippen LogP contribution in [0.15, 0.2) is 24.3 Å². The number of benzene rings is 1. The highest BCUT2D eigenvalue weighted by molar-refractivity contribution is 5.93. The molecule has 0 N–H and O–H groups in total. The Balaban J connectivity index is 1.63. The predicted molar refractivity (Wildman–Crippen MR) is 79.9 cm³/mol. The van der Waals surface area contributed by atoms with E-state index in [1.54, 1.807) is 6.92 Å². The number of hydrogen-bond acceptors (Lipinski definition) is 2. The van der Waals surface area contributed by atoms with Gasteiger partial charge in [-0.05, 0) is 36.3 Å². The van der Waals surface area contributed by atoms with Gasteiger partial charge in [0.1, 0.15) is 0 Å². The maximum Gasteiger partial charge on any atom is 0.223 e. The van der Waals surface area contributed by atoms with E-state index in [0.29, 0.717) is 11.8 Å². The second-order valence-corrected chi connectivity index (χ2v) is 6.72. The average molecular weight is 270 g/mol. The number of fused-ring (bicyclic) bond motifs is 3. The molecule has 1 aromatic rings. The van der Waals surface area contributed by atoms with Gasteiger partial charge in [-0.2, -0.15) is 0 Å². The second kappa shape index (κ2) is 4.59. The van der Waals surface area contributed by atoms with E-state index in [-0.39, 0.29) is 5.91 Å². The van der Waals surface area contributed by atoms with Crippen molar-refractivity contribution in [1.82, 2.24) is 4.90 Å². The zero-order chi connectivity index (χ0) is 13.7. The summed E-state index contributed by atoms with van der Waals surface area (Å²) < 4.78 is 0. The first-order valence-corrected chi connectivity index (χ1v) is 7.82. The van der Waals surface area contributed by atoms with Crippen molar-refractivity contribution < 1.29 is 4.79 Å². The van der Waals surface area contributed by atoms with Gasteiger partial charge >= 0.3 is 0 Å². The number of hydrogen-bond donors (Lipinski definition) is 0. The van der Waals surface area contributed by atoms with Crippen LogP contribution >= 0.6 is 0 Å². The lowest BCUT2D eigenvalue weighted by Crippen LogP contribution is -2.40. The van der Waals surface area contributed by atoms with Crippen LogP contribution in [0.4, 0.5) is 5.69 Å². The smallest absolute Gasteiger partial charge is 0.223 e. The van der Waals surface area contributed by atoms with Crippen molar-refractivity contribution in [2.24, 2.45) is 11.8 Å². The van der Waals surface area contributed by atoms with Crippen LogP contribution in [0.25, 0.3) is 0 Å². The summed E-state index contributed by atoms with van der Waals surface area (Å²) in [6.45, 7) is 6.21. The number of nitrogens with zero attached hydrogens (tertiary/aromatic N) is 2. The minimum absolute atomic E-state index is 0.177. The van der Waals surface area contributed by atoms with E-state index in [0.717, 1.165) is 18.2 Å². The molecule has 3 heteroatoms. The molecule has 1 saturated carbocycles. The Morgan fingerprint density at radius 1 is 1.20 bits per heavy atom. The summed E-state index contributed by atoms with van der Waals surface area (Å²) in [5, 5.41) is 0. The summed E-state index contributed by atoms with van der Waals surface area (Å²) in [5.41, 5.74) is 2.53. The van der Waals surface area contributed by atoms with E-state index < -0.39 is 0 Å². The fourth-order valence-electron chi connectivity index (χ4n) is 3.99. The van der Waals surface area contributed by atoms with Gasteiger partial charge in [-0.25, -0.2) is 0 Å². The Hall–Kier alpha value is -1.35. The third-order valence-corrected chi connectivity index (χ3v) is 5.15. The maximum absolute atomic E-state index is 11.9. The van der Waals surface area contributed by atoms with Crippen molar-refractivity contribution in [2.45, 2.75) is 25.7 Å². The van der Waals surface area contributed by atoms with Gasteiger partial charge in [-0.15, -0.1) is 0 Å². The van der Waals surface area contributed by atoms with Gasteiger partial charge in [0.25, 0.3) is 0 Å². The van der Waals surface area contributed by atoms with E-state index in [1.807, 2.05) is 11.0 Å². The molecule has 0 spiro atoms. The summed E-state index contributed by atoms with van der Waals surface area (Å²) in [6, 6.07) is 8.49. The molecule has 1 saturated heterocycles.